The Morgan fingerprint density at radius 1 is 1.43 bits per heavy atom. The molecule has 0 radical (unpaired) electrons. The highest BCUT2D eigenvalue weighted by Crippen LogP contribution is 2.24. The molecule has 0 saturated carbocycles. The normalized spacial score (nSPS) is 13.7. The van der Waals surface area contributed by atoms with Gasteiger partial charge in [0.2, 0.25) is 0 Å². The molecule has 21 heavy (non-hydrogen) atoms. The van der Waals surface area contributed by atoms with E-state index >= 15 is 0 Å². The number of aromatic carboxylic acids is 1. The zero-order chi connectivity index (χ0) is 15.4. The molecule has 2 rings (SSSR count). The summed E-state index contributed by atoms with van der Waals surface area (Å²) in [7, 11) is 1.70. The molecular weight excluding hydrogens is 294 g/mol. The molecule has 1 aliphatic rings. The molecule has 1 amide bonds. The van der Waals surface area contributed by atoms with Crippen LogP contribution in [0, 0.1) is 0 Å². The Hall–Kier alpha value is -2.01. The number of allylic oxidation sites excluding steroid dienone is 2. The van der Waals surface area contributed by atoms with Crippen LogP contribution in [-0.2, 0) is 4.79 Å². The van der Waals surface area contributed by atoms with Gasteiger partial charge in [-0.05, 0) is 37.5 Å². The molecule has 0 aliphatic heterocycles. The molecule has 1 aromatic rings. The fourth-order valence-corrected chi connectivity index (χ4v) is 2.32. The first-order chi connectivity index (χ1) is 9.99. The predicted octanol–water partition coefficient (Wildman–Crippen LogP) is 2.94. The van der Waals surface area contributed by atoms with E-state index in [1.54, 1.807) is 11.9 Å². The number of likely N-dealkylation sites (N-methyl/N-ethyl adjacent to an activating group) is 1. The zero-order valence-corrected chi connectivity index (χ0v) is 12.4. The van der Waals surface area contributed by atoms with E-state index in [1.165, 1.54) is 18.2 Å². The number of rotatable bonds is 5. The Bertz CT molecular complexity index is 597. The summed E-state index contributed by atoms with van der Waals surface area (Å²) in [6.07, 6.45) is 4.94. The molecule has 1 aliphatic carbocycles. The Balaban J connectivity index is 2.02. The molecule has 1 N–H and O–H groups in total. The second-order valence-electron chi connectivity index (χ2n) is 4.77. The lowest BCUT2D eigenvalue weighted by Gasteiger charge is -2.19. The molecule has 0 saturated heterocycles. The number of amides is 1. The fraction of sp³-hybridized carbons (Fsp3) is 0.333. The summed E-state index contributed by atoms with van der Waals surface area (Å²) in [5, 5.41) is 9.40. The smallest absolute Gasteiger partial charge is 0.339 e. The van der Waals surface area contributed by atoms with Crippen molar-refractivity contribution in [3.8, 4) is 5.75 Å². The van der Waals surface area contributed by atoms with Crippen molar-refractivity contribution in [3.05, 3.63) is 40.6 Å². The number of carboxylic acids is 1. The molecule has 0 atom stereocenters. The third kappa shape index (κ3) is 3.76. The predicted molar refractivity (Wildman–Crippen MR) is 78.6 cm³/mol. The van der Waals surface area contributed by atoms with Crippen LogP contribution in [0.15, 0.2) is 30.0 Å². The quantitative estimate of drug-likeness (QED) is 0.908. The van der Waals surface area contributed by atoms with Crippen molar-refractivity contribution in [1.29, 1.82) is 0 Å². The minimum atomic E-state index is -1.15. The number of ether oxygens (including phenoxy) is 1. The van der Waals surface area contributed by atoms with E-state index in [9.17, 15) is 9.59 Å². The van der Waals surface area contributed by atoms with Crippen molar-refractivity contribution in [2.45, 2.75) is 19.3 Å². The first-order valence-corrected chi connectivity index (χ1v) is 6.98. The average molecular weight is 310 g/mol. The molecule has 0 unspecified atom stereocenters. The third-order valence-corrected chi connectivity index (χ3v) is 3.58. The first-order valence-electron chi connectivity index (χ1n) is 6.60. The van der Waals surface area contributed by atoms with Crippen LogP contribution in [0.4, 0.5) is 0 Å². The largest absolute Gasteiger partial charge is 0.483 e. The van der Waals surface area contributed by atoms with Crippen molar-refractivity contribution in [1.82, 2.24) is 4.90 Å². The highest BCUT2D eigenvalue weighted by molar-refractivity contribution is 6.31. The standard InChI is InChI=1S/C15H16ClNO4/c1-17(11-4-2-3-5-11)14(18)9-21-13-7-6-10(16)8-12(13)15(19)20/h4,6-8H,2-3,5,9H2,1H3,(H,19,20). The SMILES string of the molecule is CN(C(=O)COc1ccc(Cl)cc1C(=O)O)C1=CCCC1. The molecule has 112 valence electrons. The maximum absolute atomic E-state index is 12.0. The third-order valence-electron chi connectivity index (χ3n) is 3.35. The second kappa shape index (κ2) is 6.63. The Labute approximate surface area is 127 Å². The van der Waals surface area contributed by atoms with Crippen LogP contribution in [0.5, 0.6) is 5.75 Å². The summed E-state index contributed by atoms with van der Waals surface area (Å²) in [6.45, 7) is -0.213. The number of carbonyl (C=O) groups is 2. The van der Waals surface area contributed by atoms with E-state index in [-0.39, 0.29) is 23.8 Å². The summed E-state index contributed by atoms with van der Waals surface area (Å²) < 4.78 is 5.34. The highest BCUT2D eigenvalue weighted by Gasteiger charge is 2.18. The molecule has 0 bridgehead atoms. The Morgan fingerprint density at radius 2 is 2.19 bits per heavy atom. The number of hydrogen-bond acceptors (Lipinski definition) is 3. The van der Waals surface area contributed by atoms with Gasteiger partial charge in [-0.2, -0.15) is 0 Å². The van der Waals surface area contributed by atoms with Crippen LogP contribution in [0.25, 0.3) is 0 Å². The Kier molecular flexibility index (Phi) is 4.85. The number of carboxylic acid groups (broad SMARTS) is 1. The van der Waals surface area contributed by atoms with Gasteiger partial charge in [0.1, 0.15) is 11.3 Å². The average Bonchev–Trinajstić information content (AvgIpc) is 2.98. The molecule has 5 nitrogen and oxygen atoms in total. The topological polar surface area (TPSA) is 66.8 Å². The summed E-state index contributed by atoms with van der Waals surface area (Å²) in [4.78, 5) is 24.7. The molecule has 0 aromatic heterocycles. The van der Waals surface area contributed by atoms with E-state index in [1.807, 2.05) is 6.08 Å². The minimum absolute atomic E-state index is 0.0574. The van der Waals surface area contributed by atoms with Gasteiger partial charge in [-0.3, -0.25) is 4.79 Å². The first kappa shape index (κ1) is 15.4. The zero-order valence-electron chi connectivity index (χ0n) is 11.6. The van der Waals surface area contributed by atoms with Crippen LogP contribution in [-0.4, -0.2) is 35.5 Å². The number of nitrogens with zero attached hydrogens (tertiary/aromatic N) is 1. The van der Waals surface area contributed by atoms with Crippen LogP contribution in [0.1, 0.15) is 29.6 Å². The van der Waals surface area contributed by atoms with Crippen molar-refractivity contribution in [2.75, 3.05) is 13.7 Å². The van der Waals surface area contributed by atoms with Gasteiger partial charge in [-0.1, -0.05) is 17.7 Å². The lowest BCUT2D eigenvalue weighted by atomic mass is 10.2. The van der Waals surface area contributed by atoms with Gasteiger partial charge in [0.25, 0.3) is 5.91 Å². The second-order valence-corrected chi connectivity index (χ2v) is 5.21. The van der Waals surface area contributed by atoms with E-state index in [0.717, 1.165) is 25.0 Å². The van der Waals surface area contributed by atoms with Crippen LogP contribution < -0.4 is 4.74 Å². The number of carbonyl (C=O) groups excluding carboxylic acids is 1. The van der Waals surface area contributed by atoms with Gasteiger partial charge >= 0.3 is 5.97 Å². The summed E-state index contributed by atoms with van der Waals surface area (Å²) in [6, 6.07) is 4.28. The van der Waals surface area contributed by atoms with Crippen LogP contribution >= 0.6 is 11.6 Å². The Morgan fingerprint density at radius 3 is 2.81 bits per heavy atom. The maximum Gasteiger partial charge on any atom is 0.339 e. The van der Waals surface area contributed by atoms with E-state index in [0.29, 0.717) is 5.02 Å². The monoisotopic (exact) mass is 309 g/mol. The van der Waals surface area contributed by atoms with Crippen molar-refractivity contribution >= 4 is 23.5 Å². The van der Waals surface area contributed by atoms with Gasteiger partial charge in [-0.15, -0.1) is 0 Å². The van der Waals surface area contributed by atoms with E-state index < -0.39 is 5.97 Å². The summed E-state index contributed by atoms with van der Waals surface area (Å²) >= 11 is 5.76. The van der Waals surface area contributed by atoms with Crippen molar-refractivity contribution in [3.63, 3.8) is 0 Å². The number of benzene rings is 1. The number of halogens is 1. The maximum atomic E-state index is 12.0. The van der Waals surface area contributed by atoms with Crippen LogP contribution in [0.2, 0.25) is 5.02 Å². The van der Waals surface area contributed by atoms with Gasteiger partial charge < -0.3 is 14.7 Å². The molecule has 1 aromatic carbocycles. The van der Waals surface area contributed by atoms with Gasteiger partial charge in [0, 0.05) is 17.8 Å². The molecule has 0 fully saturated rings. The van der Waals surface area contributed by atoms with Crippen LogP contribution in [0.3, 0.4) is 0 Å². The minimum Gasteiger partial charge on any atom is -0.483 e. The highest BCUT2D eigenvalue weighted by atomic mass is 35.5. The van der Waals surface area contributed by atoms with Crippen molar-refractivity contribution < 1.29 is 19.4 Å². The number of hydrogen-bond donors (Lipinski definition) is 1. The molecule has 6 heteroatoms. The molecule has 0 spiro atoms. The lowest BCUT2D eigenvalue weighted by molar-refractivity contribution is -0.130. The summed E-state index contributed by atoms with van der Waals surface area (Å²) in [5.74, 6) is -1.23. The van der Waals surface area contributed by atoms with Crippen molar-refractivity contribution in [2.24, 2.45) is 0 Å². The van der Waals surface area contributed by atoms with E-state index in [2.05, 4.69) is 0 Å². The van der Waals surface area contributed by atoms with E-state index in [4.69, 9.17) is 21.4 Å². The lowest BCUT2D eigenvalue weighted by Crippen LogP contribution is -2.30. The summed E-state index contributed by atoms with van der Waals surface area (Å²) in [5.41, 5.74) is 0.927. The van der Waals surface area contributed by atoms with Gasteiger partial charge in [0.05, 0.1) is 0 Å². The molecule has 0 heterocycles. The van der Waals surface area contributed by atoms with Gasteiger partial charge in [-0.25, -0.2) is 4.79 Å². The van der Waals surface area contributed by atoms with Gasteiger partial charge in [0.15, 0.2) is 6.61 Å². The fourth-order valence-electron chi connectivity index (χ4n) is 2.15. The molecular formula is C15H16ClNO4.